The summed E-state index contributed by atoms with van der Waals surface area (Å²) in [7, 11) is 0.0756. The molecule has 158 valence electrons. The second-order valence-electron chi connectivity index (χ2n) is 5.91. The molecular formula is C19H23ClN2O6S. The summed E-state index contributed by atoms with van der Waals surface area (Å²) in [6.07, 6.45) is 0. The zero-order chi connectivity index (χ0) is 21.4. The fourth-order valence-electron chi connectivity index (χ4n) is 2.31. The predicted octanol–water partition coefficient (Wildman–Crippen LogP) is 2.48. The molecule has 0 spiro atoms. The van der Waals surface area contributed by atoms with Crippen molar-refractivity contribution in [3.8, 4) is 5.75 Å². The fraction of sp³-hybridized carbons (Fsp3) is 0.316. The van der Waals surface area contributed by atoms with E-state index < -0.39 is 15.9 Å². The molecule has 2 aromatic carbocycles. The number of hydroxylamine groups is 1. The van der Waals surface area contributed by atoms with Gasteiger partial charge in [-0.05, 0) is 35.9 Å². The molecule has 0 atom stereocenters. The Labute approximate surface area is 175 Å². The number of carbonyl (C=O) groups excluding carboxylic acids is 1. The van der Waals surface area contributed by atoms with Gasteiger partial charge in [0.1, 0.15) is 17.3 Å². The first-order valence-corrected chi connectivity index (χ1v) is 10.4. The maximum absolute atomic E-state index is 12.5. The van der Waals surface area contributed by atoms with Crippen molar-refractivity contribution in [2.45, 2.75) is 11.4 Å². The van der Waals surface area contributed by atoms with Gasteiger partial charge in [0.25, 0.3) is 15.9 Å². The van der Waals surface area contributed by atoms with Crippen LogP contribution >= 0.6 is 11.6 Å². The highest BCUT2D eigenvalue weighted by Gasteiger charge is 2.25. The van der Waals surface area contributed by atoms with Gasteiger partial charge in [-0.1, -0.05) is 28.2 Å². The zero-order valence-electron chi connectivity index (χ0n) is 16.3. The van der Waals surface area contributed by atoms with Crippen LogP contribution in [-0.4, -0.2) is 53.3 Å². The Morgan fingerprint density at radius 1 is 1.10 bits per heavy atom. The van der Waals surface area contributed by atoms with Crippen molar-refractivity contribution in [2.75, 3.05) is 34.5 Å². The minimum atomic E-state index is -3.98. The van der Waals surface area contributed by atoms with Crippen LogP contribution in [0.25, 0.3) is 0 Å². The number of hydrogen-bond donors (Lipinski definition) is 1. The van der Waals surface area contributed by atoms with E-state index in [1.54, 1.807) is 19.2 Å². The Hall–Kier alpha value is -2.17. The lowest BCUT2D eigenvalue weighted by Crippen LogP contribution is -2.27. The number of carbonyl (C=O) groups is 1. The number of rotatable bonds is 10. The first-order valence-electron chi connectivity index (χ1n) is 8.61. The minimum absolute atomic E-state index is 0.00508. The Bertz CT molecular complexity index is 934. The van der Waals surface area contributed by atoms with E-state index in [1.165, 1.54) is 32.4 Å². The lowest BCUT2D eigenvalue weighted by atomic mass is 10.2. The molecule has 0 heterocycles. The molecule has 0 aliphatic rings. The molecule has 1 amide bonds. The van der Waals surface area contributed by atoms with Crippen LogP contribution in [0, 0.1) is 0 Å². The van der Waals surface area contributed by atoms with Crippen LogP contribution in [0.2, 0.25) is 5.02 Å². The number of methoxy groups -OCH3 is 1. The van der Waals surface area contributed by atoms with Gasteiger partial charge in [0, 0.05) is 26.3 Å². The maximum Gasteiger partial charge on any atom is 0.266 e. The molecule has 0 aromatic heterocycles. The highest BCUT2D eigenvalue weighted by atomic mass is 35.5. The van der Waals surface area contributed by atoms with Gasteiger partial charge in [0.15, 0.2) is 0 Å². The van der Waals surface area contributed by atoms with Crippen LogP contribution in [0.5, 0.6) is 5.75 Å². The molecule has 2 rings (SSSR count). The molecule has 0 fully saturated rings. The van der Waals surface area contributed by atoms with Crippen molar-refractivity contribution in [1.82, 2.24) is 9.79 Å². The van der Waals surface area contributed by atoms with E-state index in [4.69, 9.17) is 25.9 Å². The van der Waals surface area contributed by atoms with Crippen LogP contribution in [0.1, 0.15) is 15.9 Å². The molecule has 0 radical (unpaired) electrons. The highest BCUT2D eigenvalue weighted by Crippen LogP contribution is 2.25. The largest absolute Gasteiger partial charge is 0.491 e. The second-order valence-corrected chi connectivity index (χ2v) is 8.22. The van der Waals surface area contributed by atoms with Crippen LogP contribution < -0.4 is 10.1 Å². The Balaban J connectivity index is 2.05. The van der Waals surface area contributed by atoms with Gasteiger partial charge in [-0.25, -0.2) is 8.42 Å². The van der Waals surface area contributed by atoms with Crippen molar-refractivity contribution in [3.05, 3.63) is 58.6 Å². The van der Waals surface area contributed by atoms with Gasteiger partial charge >= 0.3 is 0 Å². The quantitative estimate of drug-likeness (QED) is 0.448. The lowest BCUT2D eigenvalue weighted by molar-refractivity contribution is -0.0258. The SMILES string of the molecule is COCCOc1ccc(CNC(=O)c2ccc(Cl)c(S(=O)(=O)N(C)OC)c2)cc1. The summed E-state index contributed by atoms with van der Waals surface area (Å²) in [4.78, 5) is 17.0. The molecule has 0 bridgehead atoms. The average molecular weight is 443 g/mol. The fourth-order valence-corrected chi connectivity index (χ4v) is 3.78. The lowest BCUT2D eigenvalue weighted by Gasteiger charge is -2.16. The molecule has 0 aliphatic heterocycles. The van der Waals surface area contributed by atoms with Crippen molar-refractivity contribution >= 4 is 27.5 Å². The van der Waals surface area contributed by atoms with E-state index >= 15 is 0 Å². The molecule has 2 aromatic rings. The topological polar surface area (TPSA) is 94.2 Å². The monoisotopic (exact) mass is 442 g/mol. The summed E-state index contributed by atoms with van der Waals surface area (Å²) in [5.74, 6) is 0.269. The van der Waals surface area contributed by atoms with E-state index in [2.05, 4.69) is 5.32 Å². The predicted molar refractivity (Wildman–Crippen MR) is 108 cm³/mol. The molecule has 0 saturated heterocycles. The van der Waals surface area contributed by atoms with Crippen LogP contribution in [0.3, 0.4) is 0 Å². The third-order valence-corrected chi connectivity index (χ3v) is 6.16. The first kappa shape index (κ1) is 23.1. The van der Waals surface area contributed by atoms with E-state index in [1.807, 2.05) is 12.1 Å². The number of hydrogen-bond acceptors (Lipinski definition) is 6. The number of nitrogens with zero attached hydrogens (tertiary/aromatic N) is 1. The maximum atomic E-state index is 12.5. The van der Waals surface area contributed by atoms with E-state index in [9.17, 15) is 13.2 Å². The normalized spacial score (nSPS) is 11.5. The third kappa shape index (κ3) is 6.15. The van der Waals surface area contributed by atoms with Gasteiger partial charge < -0.3 is 14.8 Å². The van der Waals surface area contributed by atoms with E-state index in [0.29, 0.717) is 23.4 Å². The van der Waals surface area contributed by atoms with Gasteiger partial charge in [-0.3, -0.25) is 9.63 Å². The summed E-state index contributed by atoms with van der Waals surface area (Å²) in [5.41, 5.74) is 1.02. The molecule has 0 saturated carbocycles. The number of sulfonamides is 1. The molecule has 10 heteroatoms. The number of nitrogens with one attached hydrogen (secondary N) is 1. The first-order chi connectivity index (χ1) is 13.8. The molecule has 0 unspecified atom stereocenters. The molecule has 1 N–H and O–H groups in total. The summed E-state index contributed by atoms with van der Waals surface area (Å²) in [5, 5.41) is 2.74. The second kappa shape index (κ2) is 10.6. The molecule has 29 heavy (non-hydrogen) atoms. The standard InChI is InChI=1S/C19H23ClN2O6S/c1-22(27-3)29(24,25)18-12-15(6-9-17(18)20)19(23)21-13-14-4-7-16(8-5-14)28-11-10-26-2/h4-9,12H,10-11,13H2,1-3H3,(H,21,23). The summed E-state index contributed by atoms with van der Waals surface area (Å²) in [6.45, 7) is 1.21. The number of amides is 1. The summed E-state index contributed by atoms with van der Waals surface area (Å²) in [6, 6.07) is 11.3. The van der Waals surface area contributed by atoms with Crippen molar-refractivity contribution in [3.63, 3.8) is 0 Å². The van der Waals surface area contributed by atoms with Gasteiger partial charge in [-0.15, -0.1) is 0 Å². The number of benzene rings is 2. The van der Waals surface area contributed by atoms with Crippen molar-refractivity contribution in [2.24, 2.45) is 0 Å². The highest BCUT2D eigenvalue weighted by molar-refractivity contribution is 7.89. The summed E-state index contributed by atoms with van der Waals surface area (Å²) < 4.78 is 35.9. The third-order valence-electron chi connectivity index (χ3n) is 4.00. The smallest absolute Gasteiger partial charge is 0.266 e. The van der Waals surface area contributed by atoms with Crippen LogP contribution in [0.4, 0.5) is 0 Å². The van der Waals surface area contributed by atoms with Gasteiger partial charge in [0.2, 0.25) is 0 Å². The minimum Gasteiger partial charge on any atom is -0.491 e. The Morgan fingerprint density at radius 2 is 1.79 bits per heavy atom. The number of halogens is 1. The van der Waals surface area contributed by atoms with Crippen molar-refractivity contribution in [1.29, 1.82) is 0 Å². The molecular weight excluding hydrogens is 420 g/mol. The van der Waals surface area contributed by atoms with Crippen LogP contribution in [0.15, 0.2) is 47.4 Å². The summed E-state index contributed by atoms with van der Waals surface area (Å²) >= 11 is 6.01. The van der Waals surface area contributed by atoms with E-state index in [-0.39, 0.29) is 22.0 Å². The van der Waals surface area contributed by atoms with Crippen LogP contribution in [-0.2, 0) is 26.1 Å². The molecule has 0 aliphatic carbocycles. The number of ether oxygens (including phenoxy) is 2. The van der Waals surface area contributed by atoms with Gasteiger partial charge in [0.05, 0.1) is 18.7 Å². The Kier molecular flexibility index (Phi) is 8.42. The zero-order valence-corrected chi connectivity index (χ0v) is 17.9. The van der Waals surface area contributed by atoms with Gasteiger partial charge in [-0.2, -0.15) is 0 Å². The van der Waals surface area contributed by atoms with E-state index in [0.717, 1.165) is 5.56 Å². The molecule has 8 nitrogen and oxygen atoms in total. The Morgan fingerprint density at radius 3 is 2.41 bits per heavy atom. The van der Waals surface area contributed by atoms with Crippen molar-refractivity contribution < 1.29 is 27.5 Å². The average Bonchev–Trinajstić information content (AvgIpc) is 2.72.